The van der Waals surface area contributed by atoms with Crippen molar-refractivity contribution in [2.45, 2.75) is 26.2 Å². The van der Waals surface area contributed by atoms with E-state index in [9.17, 15) is 4.79 Å². The average molecular weight is 324 g/mol. The minimum atomic E-state index is -0.0626. The average Bonchev–Trinajstić information content (AvgIpc) is 2.56. The van der Waals surface area contributed by atoms with Gasteiger partial charge in [0.05, 0.1) is 6.42 Å². The van der Waals surface area contributed by atoms with Crippen LogP contribution in [-0.2, 0) is 17.6 Å². The summed E-state index contributed by atoms with van der Waals surface area (Å²) in [5.74, 6) is -0.0626. The Bertz CT molecular complexity index is 742. The zero-order chi connectivity index (χ0) is 16.2. The number of hydrogen-bond acceptors (Lipinski definition) is 2. The van der Waals surface area contributed by atoms with E-state index < -0.39 is 0 Å². The minimum absolute atomic E-state index is 0.0626. The van der Waals surface area contributed by atoms with Crippen LogP contribution in [0.1, 0.15) is 23.1 Å². The molecule has 23 heavy (non-hydrogen) atoms. The summed E-state index contributed by atoms with van der Waals surface area (Å²) < 4.78 is 0. The van der Waals surface area contributed by atoms with Gasteiger partial charge in [-0.25, -0.2) is 0 Å². The summed E-state index contributed by atoms with van der Waals surface area (Å²) in [5, 5.41) is 3.38. The van der Waals surface area contributed by atoms with Gasteiger partial charge in [0.25, 0.3) is 0 Å². The maximum absolute atomic E-state index is 12.3. The third-order valence-electron chi connectivity index (χ3n) is 4.21. The van der Waals surface area contributed by atoms with Crippen LogP contribution in [0.15, 0.2) is 48.5 Å². The Morgan fingerprint density at radius 2 is 1.91 bits per heavy atom. The van der Waals surface area contributed by atoms with Gasteiger partial charge in [-0.3, -0.25) is 4.79 Å². The van der Waals surface area contributed by atoms with Crippen molar-refractivity contribution >= 4 is 28.9 Å². The van der Waals surface area contributed by atoms with Crippen LogP contribution in [-0.4, -0.2) is 17.6 Å². The molecule has 2 aromatic carbocycles. The number of fused-ring (bicyclic) bond motifs is 1. The highest BCUT2D eigenvalue weighted by molar-refractivity contribution is 7.80. The van der Waals surface area contributed by atoms with Gasteiger partial charge < -0.3 is 10.2 Å². The van der Waals surface area contributed by atoms with E-state index in [0.29, 0.717) is 11.5 Å². The van der Waals surface area contributed by atoms with Crippen molar-refractivity contribution in [3.63, 3.8) is 0 Å². The monoisotopic (exact) mass is 324 g/mol. The lowest BCUT2D eigenvalue weighted by molar-refractivity contribution is -0.119. The highest BCUT2D eigenvalue weighted by Crippen LogP contribution is 2.26. The molecule has 118 valence electrons. The number of nitrogens with one attached hydrogen (secondary N) is 1. The molecule has 0 spiro atoms. The van der Waals surface area contributed by atoms with Crippen molar-refractivity contribution in [3.8, 4) is 0 Å². The molecule has 2 aromatic rings. The summed E-state index contributed by atoms with van der Waals surface area (Å²) in [6.07, 6.45) is 2.46. The standard InChI is InChI=1S/C19H20N2OS/c1-14-7-2-3-9-16(14)13-18(22)20-19(23)21-12-6-10-15-8-4-5-11-17(15)21/h2-5,7-9,11H,6,10,12-13H2,1H3,(H,20,22,23). The summed E-state index contributed by atoms with van der Waals surface area (Å²) >= 11 is 5.47. The van der Waals surface area contributed by atoms with Crippen LogP contribution in [0.3, 0.4) is 0 Å². The van der Waals surface area contributed by atoms with Gasteiger partial charge in [0.2, 0.25) is 5.91 Å². The molecule has 0 saturated carbocycles. The van der Waals surface area contributed by atoms with Crippen LogP contribution in [0.25, 0.3) is 0 Å². The van der Waals surface area contributed by atoms with E-state index in [0.717, 1.165) is 36.2 Å². The fourth-order valence-electron chi connectivity index (χ4n) is 2.96. The van der Waals surface area contributed by atoms with Gasteiger partial charge in [0.1, 0.15) is 0 Å². The first-order valence-electron chi connectivity index (χ1n) is 7.89. The minimum Gasteiger partial charge on any atom is -0.318 e. The summed E-state index contributed by atoms with van der Waals surface area (Å²) in [6, 6.07) is 16.2. The maximum atomic E-state index is 12.3. The van der Waals surface area contributed by atoms with Crippen molar-refractivity contribution < 1.29 is 4.79 Å². The number of amides is 1. The van der Waals surface area contributed by atoms with Gasteiger partial charge in [-0.2, -0.15) is 0 Å². The second-order valence-electron chi connectivity index (χ2n) is 5.84. The predicted molar refractivity (Wildman–Crippen MR) is 97.7 cm³/mol. The van der Waals surface area contributed by atoms with Crippen molar-refractivity contribution in [1.29, 1.82) is 0 Å². The molecule has 1 amide bonds. The lowest BCUT2D eigenvalue weighted by Gasteiger charge is -2.31. The molecular formula is C19H20N2OS. The Balaban J connectivity index is 1.68. The van der Waals surface area contributed by atoms with Crippen molar-refractivity contribution in [1.82, 2.24) is 5.32 Å². The fourth-order valence-corrected chi connectivity index (χ4v) is 3.26. The molecule has 0 atom stereocenters. The molecule has 3 rings (SSSR count). The van der Waals surface area contributed by atoms with Gasteiger partial charge in [0, 0.05) is 12.2 Å². The molecule has 4 heteroatoms. The van der Waals surface area contributed by atoms with Gasteiger partial charge in [-0.15, -0.1) is 0 Å². The van der Waals surface area contributed by atoms with Gasteiger partial charge >= 0.3 is 0 Å². The molecule has 0 radical (unpaired) electrons. The predicted octanol–water partition coefficient (Wildman–Crippen LogP) is 3.39. The molecule has 0 saturated heterocycles. The smallest absolute Gasteiger partial charge is 0.230 e. The van der Waals surface area contributed by atoms with E-state index in [1.807, 2.05) is 48.2 Å². The molecule has 3 nitrogen and oxygen atoms in total. The molecular weight excluding hydrogens is 304 g/mol. The Morgan fingerprint density at radius 1 is 1.17 bits per heavy atom. The van der Waals surface area contributed by atoms with Crippen LogP contribution in [0, 0.1) is 6.92 Å². The SMILES string of the molecule is Cc1ccccc1CC(=O)NC(=S)N1CCCc2ccccc21. The van der Waals surface area contributed by atoms with Crippen molar-refractivity contribution in [2.75, 3.05) is 11.4 Å². The number of nitrogens with zero attached hydrogens (tertiary/aromatic N) is 1. The largest absolute Gasteiger partial charge is 0.318 e. The first kappa shape index (κ1) is 15.7. The quantitative estimate of drug-likeness (QED) is 0.860. The van der Waals surface area contributed by atoms with E-state index in [2.05, 4.69) is 17.4 Å². The van der Waals surface area contributed by atoms with Gasteiger partial charge in [-0.05, 0) is 54.7 Å². The van der Waals surface area contributed by atoms with Crippen LogP contribution in [0.4, 0.5) is 5.69 Å². The number of benzene rings is 2. The molecule has 0 fully saturated rings. The van der Waals surface area contributed by atoms with Crippen molar-refractivity contribution in [3.05, 3.63) is 65.2 Å². The van der Waals surface area contributed by atoms with Crippen LogP contribution < -0.4 is 10.2 Å². The Labute approximate surface area is 142 Å². The number of carbonyl (C=O) groups excluding carboxylic acids is 1. The van der Waals surface area contributed by atoms with Gasteiger partial charge in [0.15, 0.2) is 5.11 Å². The third kappa shape index (κ3) is 3.59. The van der Waals surface area contributed by atoms with E-state index in [1.165, 1.54) is 5.56 Å². The molecule has 1 N–H and O–H groups in total. The Kier molecular flexibility index (Phi) is 4.72. The summed E-state index contributed by atoms with van der Waals surface area (Å²) in [7, 11) is 0. The zero-order valence-electron chi connectivity index (χ0n) is 13.2. The van der Waals surface area contributed by atoms with Crippen LogP contribution >= 0.6 is 12.2 Å². The second-order valence-corrected chi connectivity index (χ2v) is 6.23. The van der Waals surface area contributed by atoms with E-state index in [-0.39, 0.29) is 5.91 Å². The number of anilines is 1. The fraction of sp³-hybridized carbons (Fsp3) is 0.263. The van der Waals surface area contributed by atoms with E-state index in [4.69, 9.17) is 12.2 Å². The number of rotatable bonds is 2. The van der Waals surface area contributed by atoms with Crippen LogP contribution in [0.2, 0.25) is 0 Å². The molecule has 0 aromatic heterocycles. The number of aryl methyl sites for hydroxylation is 2. The number of thiocarbonyl (C=S) groups is 1. The van der Waals surface area contributed by atoms with E-state index in [1.54, 1.807) is 0 Å². The second kappa shape index (κ2) is 6.92. The molecule has 1 aliphatic rings. The summed E-state index contributed by atoms with van der Waals surface area (Å²) in [4.78, 5) is 14.3. The molecule has 1 heterocycles. The van der Waals surface area contributed by atoms with Crippen LogP contribution in [0.5, 0.6) is 0 Å². The Morgan fingerprint density at radius 3 is 2.74 bits per heavy atom. The highest BCUT2D eigenvalue weighted by atomic mass is 32.1. The van der Waals surface area contributed by atoms with Crippen molar-refractivity contribution in [2.24, 2.45) is 0 Å². The Hall–Kier alpha value is -2.20. The molecule has 0 unspecified atom stereocenters. The number of hydrogen-bond donors (Lipinski definition) is 1. The number of carbonyl (C=O) groups is 1. The number of para-hydroxylation sites is 1. The lowest BCUT2D eigenvalue weighted by atomic mass is 10.0. The highest BCUT2D eigenvalue weighted by Gasteiger charge is 2.20. The van der Waals surface area contributed by atoms with E-state index >= 15 is 0 Å². The first-order chi connectivity index (χ1) is 11.1. The molecule has 1 aliphatic heterocycles. The molecule has 0 aliphatic carbocycles. The summed E-state index contributed by atoms with van der Waals surface area (Å²) in [6.45, 7) is 2.86. The zero-order valence-corrected chi connectivity index (χ0v) is 14.0. The van der Waals surface area contributed by atoms with Gasteiger partial charge in [-0.1, -0.05) is 42.5 Å². The topological polar surface area (TPSA) is 32.3 Å². The lowest BCUT2D eigenvalue weighted by Crippen LogP contribution is -2.45. The maximum Gasteiger partial charge on any atom is 0.230 e. The normalized spacial score (nSPS) is 13.3. The summed E-state index contributed by atoms with van der Waals surface area (Å²) in [5.41, 5.74) is 4.55. The third-order valence-corrected chi connectivity index (χ3v) is 4.54. The molecule has 0 bridgehead atoms. The first-order valence-corrected chi connectivity index (χ1v) is 8.30.